The average Bonchev–Trinajstić information content (AvgIpc) is 3.28. The number of benzene rings is 1. The number of aryl methyl sites for hydroxylation is 1. The van der Waals surface area contributed by atoms with Gasteiger partial charge in [0.25, 0.3) is 11.5 Å². The summed E-state index contributed by atoms with van der Waals surface area (Å²) in [6.07, 6.45) is -7.58. The third-order valence-electron chi connectivity index (χ3n) is 6.95. The Morgan fingerprint density at radius 1 is 1.14 bits per heavy atom. The molecule has 15 heteroatoms. The number of aromatic nitrogens is 2. The van der Waals surface area contributed by atoms with E-state index < -0.39 is 78.0 Å². The van der Waals surface area contributed by atoms with Crippen molar-refractivity contribution in [3.8, 4) is 0 Å². The molecule has 2 amide bonds. The molecule has 7 N–H and O–H groups in total. The number of nitrogens with two attached hydrogens (primary N) is 1. The minimum atomic E-state index is -1.78. The van der Waals surface area contributed by atoms with Gasteiger partial charge in [-0.3, -0.25) is 23.9 Å². The van der Waals surface area contributed by atoms with Crippen LogP contribution in [0.5, 0.6) is 0 Å². The quantitative estimate of drug-likeness (QED) is 0.179. The maximum atomic E-state index is 12.9. The Morgan fingerprint density at radius 2 is 1.86 bits per heavy atom. The summed E-state index contributed by atoms with van der Waals surface area (Å²) in [6.45, 7) is 2.09. The number of carbonyl (C=O) groups excluding carboxylic acids is 2. The number of hydrogen-bond acceptors (Lipinski definition) is 11. The van der Waals surface area contributed by atoms with Gasteiger partial charge in [-0.15, -0.1) is 0 Å². The van der Waals surface area contributed by atoms with Crippen molar-refractivity contribution in [2.75, 3.05) is 12.4 Å². The number of aromatic amines is 1. The van der Waals surface area contributed by atoms with E-state index in [1.165, 1.54) is 7.11 Å². The molecule has 1 aromatic carbocycles. The van der Waals surface area contributed by atoms with Crippen LogP contribution >= 0.6 is 0 Å². The van der Waals surface area contributed by atoms with Crippen LogP contribution in [0.25, 0.3) is 0 Å². The van der Waals surface area contributed by atoms with E-state index in [2.05, 4.69) is 12.2 Å². The number of anilines is 1. The minimum Gasteiger partial charge on any atom is -0.456 e. The highest BCUT2D eigenvalue weighted by Gasteiger charge is 2.52. The highest BCUT2D eigenvalue weighted by atomic mass is 16.7. The highest BCUT2D eigenvalue weighted by Crippen LogP contribution is 2.34. The van der Waals surface area contributed by atoms with Crippen molar-refractivity contribution in [1.82, 2.24) is 9.55 Å². The molecule has 228 valence electrons. The fourth-order valence-corrected chi connectivity index (χ4v) is 4.72. The van der Waals surface area contributed by atoms with Gasteiger partial charge in [-0.25, -0.2) is 4.79 Å². The van der Waals surface area contributed by atoms with E-state index in [9.17, 15) is 34.5 Å². The molecule has 8 atom stereocenters. The Labute approximate surface area is 239 Å². The smallest absolute Gasteiger partial charge is 0.330 e. The number of hydrogen-bond donors (Lipinski definition) is 6. The number of primary amides is 1. The maximum Gasteiger partial charge on any atom is 0.330 e. The molecule has 0 radical (unpaired) electrons. The molecule has 2 aromatic rings. The van der Waals surface area contributed by atoms with Crippen molar-refractivity contribution in [2.24, 2.45) is 5.73 Å². The van der Waals surface area contributed by atoms with Crippen LogP contribution in [0.15, 0.2) is 58.0 Å². The zero-order valence-corrected chi connectivity index (χ0v) is 22.9. The van der Waals surface area contributed by atoms with Gasteiger partial charge in [0.2, 0.25) is 12.2 Å². The summed E-state index contributed by atoms with van der Waals surface area (Å²) in [6, 6.07) is 8.21. The molecular formula is C27H34N4O11. The van der Waals surface area contributed by atoms with Gasteiger partial charge >= 0.3 is 5.69 Å². The molecule has 0 unspecified atom stereocenters. The van der Waals surface area contributed by atoms with Crippen LogP contribution in [0, 0.1) is 0 Å². The monoisotopic (exact) mass is 590 g/mol. The molecule has 0 aliphatic carbocycles. The molecule has 1 aromatic heterocycles. The second-order valence-electron chi connectivity index (χ2n) is 9.91. The minimum absolute atomic E-state index is 0.399. The van der Waals surface area contributed by atoms with Crippen molar-refractivity contribution >= 4 is 17.5 Å². The number of aliphatic hydroxyl groups is 3. The van der Waals surface area contributed by atoms with E-state index >= 15 is 0 Å². The van der Waals surface area contributed by atoms with Crippen molar-refractivity contribution in [1.29, 1.82) is 0 Å². The molecule has 0 spiro atoms. The molecule has 0 saturated carbocycles. The summed E-state index contributed by atoms with van der Waals surface area (Å²) in [5.41, 5.74) is 5.54. The van der Waals surface area contributed by atoms with Crippen LogP contribution in [0.4, 0.5) is 5.69 Å². The standard InChI is InChI=1S/C27H34N4O11/c1-3-4-5-13-6-8-14(9-7-13)29-24(37)16-12-15(32)18(34)26(40-16)42-22(23(28)36)21-20(39-2)19(35)25(41-21)31-11-10-17(33)30-27(31)38/h6-12,15,18-22,25-26,32,34-35H,3-5H2,1-2H3,(H2,28,36)(H,29,37)(H,30,33,38)/t15-,18-,19+,20-,21-,22+,25+,26+/m0/s1. The lowest BCUT2D eigenvalue weighted by atomic mass is 10.0. The SMILES string of the molecule is CCCCc1ccc(NC(=O)C2=C[C@H](O)[C@H](O)[C@@H](O[C@@H](C(N)=O)[C@H]3O[C@@H](n4ccc(=O)[nH]c4=O)[C@H](O)[C@@H]3OC)O2)cc1. The third-order valence-corrected chi connectivity index (χ3v) is 6.95. The van der Waals surface area contributed by atoms with Gasteiger partial charge in [0, 0.05) is 25.1 Å². The van der Waals surface area contributed by atoms with Crippen LogP contribution in [0.3, 0.4) is 0 Å². The van der Waals surface area contributed by atoms with Gasteiger partial charge in [-0.05, 0) is 36.6 Å². The summed E-state index contributed by atoms with van der Waals surface area (Å²) >= 11 is 0. The van der Waals surface area contributed by atoms with E-state index in [0.717, 1.165) is 47.7 Å². The van der Waals surface area contributed by atoms with Crippen LogP contribution < -0.4 is 22.3 Å². The topological polar surface area (TPSA) is 225 Å². The lowest BCUT2D eigenvalue weighted by Gasteiger charge is -2.35. The molecule has 15 nitrogen and oxygen atoms in total. The molecular weight excluding hydrogens is 556 g/mol. The summed E-state index contributed by atoms with van der Waals surface area (Å²) in [4.78, 5) is 51.2. The molecule has 2 aliphatic heterocycles. The number of H-pyrrole nitrogens is 1. The normalized spacial score (nSPS) is 28.0. The second-order valence-corrected chi connectivity index (χ2v) is 9.91. The van der Waals surface area contributed by atoms with E-state index in [1.54, 1.807) is 12.1 Å². The summed E-state index contributed by atoms with van der Waals surface area (Å²) in [5, 5.41) is 34.4. The first-order valence-electron chi connectivity index (χ1n) is 13.3. The number of aliphatic hydroxyl groups excluding tert-OH is 3. The summed E-state index contributed by atoms with van der Waals surface area (Å²) < 4.78 is 23.1. The van der Waals surface area contributed by atoms with E-state index in [1.807, 2.05) is 17.1 Å². The number of unbranched alkanes of at least 4 members (excludes halogenated alkanes) is 1. The predicted molar refractivity (Wildman–Crippen MR) is 145 cm³/mol. The van der Waals surface area contributed by atoms with Crippen LogP contribution in [0.1, 0.15) is 31.6 Å². The van der Waals surface area contributed by atoms with Crippen molar-refractivity contribution in [3.05, 3.63) is 74.8 Å². The van der Waals surface area contributed by atoms with Crippen molar-refractivity contribution < 1.29 is 43.9 Å². The summed E-state index contributed by atoms with van der Waals surface area (Å²) in [5.74, 6) is -2.28. The number of rotatable bonds is 11. The first-order chi connectivity index (χ1) is 20.0. The summed E-state index contributed by atoms with van der Waals surface area (Å²) in [7, 11) is 1.21. The molecule has 0 bridgehead atoms. The van der Waals surface area contributed by atoms with Gasteiger partial charge in [0.1, 0.15) is 30.5 Å². The molecule has 2 aliphatic rings. The number of nitrogens with one attached hydrogen (secondary N) is 2. The maximum absolute atomic E-state index is 12.9. The second kappa shape index (κ2) is 13.4. The fourth-order valence-electron chi connectivity index (χ4n) is 4.72. The van der Waals surface area contributed by atoms with Crippen molar-refractivity contribution in [2.45, 2.75) is 75.3 Å². The number of amides is 2. The zero-order chi connectivity index (χ0) is 30.6. The first-order valence-corrected chi connectivity index (χ1v) is 13.3. The molecule has 4 rings (SSSR count). The number of nitrogens with zero attached hydrogens (tertiary/aromatic N) is 1. The van der Waals surface area contributed by atoms with Gasteiger partial charge < -0.3 is 45.3 Å². The van der Waals surface area contributed by atoms with Crippen LogP contribution in [-0.2, 0) is 35.0 Å². The van der Waals surface area contributed by atoms with Crippen LogP contribution in [-0.4, -0.2) is 86.7 Å². The van der Waals surface area contributed by atoms with Gasteiger partial charge in [0.15, 0.2) is 18.1 Å². The zero-order valence-electron chi connectivity index (χ0n) is 22.9. The molecule has 1 fully saturated rings. The van der Waals surface area contributed by atoms with Crippen LogP contribution in [0.2, 0.25) is 0 Å². The highest BCUT2D eigenvalue weighted by molar-refractivity contribution is 6.02. The lowest BCUT2D eigenvalue weighted by Crippen LogP contribution is -2.53. The number of ether oxygens (including phenoxy) is 4. The van der Waals surface area contributed by atoms with E-state index in [4.69, 9.17) is 24.7 Å². The van der Waals surface area contributed by atoms with Gasteiger partial charge in [-0.1, -0.05) is 25.5 Å². The van der Waals surface area contributed by atoms with E-state index in [0.29, 0.717) is 5.69 Å². The Balaban J connectivity index is 1.50. The molecule has 42 heavy (non-hydrogen) atoms. The third kappa shape index (κ3) is 6.78. The Morgan fingerprint density at radius 3 is 2.48 bits per heavy atom. The predicted octanol–water partition coefficient (Wildman–Crippen LogP) is -1.38. The lowest BCUT2D eigenvalue weighted by molar-refractivity contribution is -0.241. The van der Waals surface area contributed by atoms with Gasteiger partial charge in [-0.2, -0.15) is 0 Å². The first kappa shape index (κ1) is 31.1. The molecule has 3 heterocycles. The average molecular weight is 591 g/mol. The van der Waals surface area contributed by atoms with E-state index in [-0.39, 0.29) is 0 Å². The largest absolute Gasteiger partial charge is 0.456 e. The van der Waals surface area contributed by atoms with Gasteiger partial charge in [0.05, 0.1) is 0 Å². The van der Waals surface area contributed by atoms with Crippen molar-refractivity contribution in [3.63, 3.8) is 0 Å². The Bertz CT molecular complexity index is 1410. The Kier molecular flexibility index (Phi) is 9.93. The Hall–Kier alpha value is -3.86. The fraction of sp³-hybridized carbons (Fsp3) is 0.481. The molecule has 1 saturated heterocycles. The number of methoxy groups -OCH3 is 1. The number of carbonyl (C=O) groups is 2.